The summed E-state index contributed by atoms with van der Waals surface area (Å²) < 4.78 is 6.54. The Morgan fingerprint density at radius 2 is 2.17 bits per heavy atom. The van der Waals surface area contributed by atoms with Gasteiger partial charge >= 0.3 is 0 Å². The molecule has 0 saturated carbocycles. The number of nitrogens with zero attached hydrogens (tertiary/aromatic N) is 3. The van der Waals surface area contributed by atoms with Gasteiger partial charge in [-0.2, -0.15) is 0 Å². The summed E-state index contributed by atoms with van der Waals surface area (Å²) in [6, 6.07) is 11.5. The fraction of sp³-hybridized carbons (Fsp3) is 0.333. The fourth-order valence-corrected chi connectivity index (χ4v) is 4.11. The molecule has 2 aliphatic heterocycles. The van der Waals surface area contributed by atoms with Crippen LogP contribution in [0.4, 0.5) is 5.82 Å². The van der Waals surface area contributed by atoms with Gasteiger partial charge in [0, 0.05) is 22.8 Å². The SMILES string of the molecule is COc1ccc(Br)cc1[C@H]1N(c2ccccn2)C(=O)[C@@H]2CCCN21. The molecule has 2 atom stereocenters. The maximum Gasteiger partial charge on any atom is 0.247 e. The zero-order valence-corrected chi connectivity index (χ0v) is 14.9. The van der Waals surface area contributed by atoms with Gasteiger partial charge in [0.25, 0.3) is 0 Å². The first kappa shape index (κ1) is 15.6. The van der Waals surface area contributed by atoms with E-state index in [4.69, 9.17) is 4.74 Å². The van der Waals surface area contributed by atoms with Gasteiger partial charge in [-0.25, -0.2) is 4.98 Å². The molecule has 1 aromatic carbocycles. The average Bonchev–Trinajstić information content (AvgIpc) is 3.18. The Bertz CT molecular complexity index is 768. The van der Waals surface area contributed by atoms with Crippen LogP contribution in [-0.2, 0) is 4.79 Å². The van der Waals surface area contributed by atoms with Gasteiger partial charge in [0.15, 0.2) is 0 Å². The molecule has 0 bridgehead atoms. The van der Waals surface area contributed by atoms with E-state index < -0.39 is 0 Å². The van der Waals surface area contributed by atoms with Crippen molar-refractivity contribution in [3.05, 3.63) is 52.6 Å². The van der Waals surface area contributed by atoms with E-state index in [-0.39, 0.29) is 18.1 Å². The van der Waals surface area contributed by atoms with E-state index >= 15 is 0 Å². The van der Waals surface area contributed by atoms with Crippen LogP contribution < -0.4 is 9.64 Å². The third-order valence-electron chi connectivity index (χ3n) is 4.74. The Kier molecular flexibility index (Phi) is 4.02. The van der Waals surface area contributed by atoms with E-state index in [1.54, 1.807) is 13.3 Å². The minimum atomic E-state index is -0.188. The lowest BCUT2D eigenvalue weighted by Crippen LogP contribution is -2.33. The molecule has 0 radical (unpaired) electrons. The second-order valence-corrected chi connectivity index (χ2v) is 6.97. The lowest BCUT2D eigenvalue weighted by molar-refractivity contribution is -0.119. The largest absolute Gasteiger partial charge is 0.496 e. The van der Waals surface area contributed by atoms with Crippen molar-refractivity contribution in [1.29, 1.82) is 0 Å². The highest BCUT2D eigenvalue weighted by atomic mass is 79.9. The van der Waals surface area contributed by atoms with Crippen LogP contribution in [0.5, 0.6) is 5.75 Å². The molecule has 124 valence electrons. The minimum absolute atomic E-state index is 0.0688. The molecule has 2 saturated heterocycles. The second-order valence-electron chi connectivity index (χ2n) is 6.05. The topological polar surface area (TPSA) is 45.7 Å². The number of pyridine rings is 1. The number of carbonyl (C=O) groups is 1. The van der Waals surface area contributed by atoms with E-state index in [1.807, 2.05) is 41.3 Å². The number of benzene rings is 1. The van der Waals surface area contributed by atoms with Crippen molar-refractivity contribution in [1.82, 2.24) is 9.88 Å². The lowest BCUT2D eigenvalue weighted by atomic mass is 10.1. The van der Waals surface area contributed by atoms with Crippen molar-refractivity contribution in [2.24, 2.45) is 0 Å². The van der Waals surface area contributed by atoms with Crippen LogP contribution in [0.1, 0.15) is 24.6 Å². The Morgan fingerprint density at radius 1 is 1.29 bits per heavy atom. The molecule has 2 fully saturated rings. The molecule has 6 heteroatoms. The lowest BCUT2D eigenvalue weighted by Gasteiger charge is -2.30. The third kappa shape index (κ3) is 2.41. The van der Waals surface area contributed by atoms with Crippen molar-refractivity contribution in [3.8, 4) is 5.75 Å². The number of hydrogen-bond donors (Lipinski definition) is 0. The van der Waals surface area contributed by atoms with E-state index in [9.17, 15) is 4.79 Å². The first-order valence-electron chi connectivity index (χ1n) is 8.04. The summed E-state index contributed by atoms with van der Waals surface area (Å²) in [5, 5.41) is 0. The number of amides is 1. The predicted octanol–water partition coefficient (Wildman–Crippen LogP) is 3.36. The maximum atomic E-state index is 13.0. The van der Waals surface area contributed by atoms with Crippen molar-refractivity contribution >= 4 is 27.7 Å². The quantitative estimate of drug-likeness (QED) is 0.809. The molecular formula is C18H18BrN3O2. The molecule has 2 aliphatic rings. The molecular weight excluding hydrogens is 370 g/mol. The molecule has 0 aliphatic carbocycles. The van der Waals surface area contributed by atoms with Crippen molar-refractivity contribution < 1.29 is 9.53 Å². The molecule has 0 N–H and O–H groups in total. The van der Waals surface area contributed by atoms with Gasteiger partial charge < -0.3 is 4.74 Å². The maximum absolute atomic E-state index is 13.0. The Morgan fingerprint density at radius 3 is 2.92 bits per heavy atom. The van der Waals surface area contributed by atoms with Crippen LogP contribution in [0, 0.1) is 0 Å². The molecule has 1 aromatic heterocycles. The van der Waals surface area contributed by atoms with Crippen LogP contribution in [0.2, 0.25) is 0 Å². The number of anilines is 1. The van der Waals surface area contributed by atoms with Gasteiger partial charge in [0.1, 0.15) is 17.7 Å². The third-order valence-corrected chi connectivity index (χ3v) is 5.23. The first-order chi connectivity index (χ1) is 11.7. The van der Waals surface area contributed by atoms with E-state index in [2.05, 4.69) is 25.8 Å². The smallest absolute Gasteiger partial charge is 0.247 e. The van der Waals surface area contributed by atoms with Gasteiger partial charge in [-0.05, 0) is 43.2 Å². The zero-order valence-electron chi connectivity index (χ0n) is 13.4. The number of methoxy groups -OCH3 is 1. The van der Waals surface area contributed by atoms with Gasteiger partial charge in [-0.15, -0.1) is 0 Å². The molecule has 5 nitrogen and oxygen atoms in total. The van der Waals surface area contributed by atoms with Crippen molar-refractivity contribution in [3.63, 3.8) is 0 Å². The zero-order chi connectivity index (χ0) is 16.7. The normalized spacial score (nSPS) is 23.6. The number of fused-ring (bicyclic) bond motifs is 1. The summed E-state index contributed by atoms with van der Waals surface area (Å²) in [5.74, 6) is 1.59. The molecule has 4 rings (SSSR count). The summed E-state index contributed by atoms with van der Waals surface area (Å²) in [6.45, 7) is 0.903. The van der Waals surface area contributed by atoms with E-state index in [0.717, 1.165) is 35.2 Å². The standard InChI is InChI=1S/C18H18BrN3O2/c1-24-15-8-7-12(19)11-13(15)17-21-10-4-5-14(21)18(23)22(17)16-6-2-3-9-20-16/h2-3,6-9,11,14,17H,4-5,10H2,1H3/t14-,17+/m0/s1. The Hall–Kier alpha value is -1.92. The fourth-order valence-electron chi connectivity index (χ4n) is 3.74. The summed E-state index contributed by atoms with van der Waals surface area (Å²) in [4.78, 5) is 21.5. The highest BCUT2D eigenvalue weighted by Gasteiger charge is 2.50. The molecule has 0 unspecified atom stereocenters. The summed E-state index contributed by atoms with van der Waals surface area (Å²) in [6.07, 6.45) is 3.47. The van der Waals surface area contributed by atoms with Gasteiger partial charge in [0.2, 0.25) is 5.91 Å². The molecule has 3 heterocycles. The van der Waals surface area contributed by atoms with Crippen LogP contribution in [0.3, 0.4) is 0 Å². The number of ether oxygens (including phenoxy) is 1. The highest BCUT2D eigenvalue weighted by Crippen LogP contribution is 2.44. The van der Waals surface area contributed by atoms with Crippen molar-refractivity contribution in [2.45, 2.75) is 25.0 Å². The van der Waals surface area contributed by atoms with Crippen LogP contribution >= 0.6 is 15.9 Å². The predicted molar refractivity (Wildman–Crippen MR) is 94.9 cm³/mol. The summed E-state index contributed by atoms with van der Waals surface area (Å²) in [5.41, 5.74) is 0.982. The number of rotatable bonds is 3. The van der Waals surface area contributed by atoms with Gasteiger partial charge in [0.05, 0.1) is 13.2 Å². The number of hydrogen-bond acceptors (Lipinski definition) is 4. The number of halogens is 1. The summed E-state index contributed by atoms with van der Waals surface area (Å²) >= 11 is 3.54. The van der Waals surface area contributed by atoms with Gasteiger partial charge in [-0.1, -0.05) is 22.0 Å². The van der Waals surface area contributed by atoms with Gasteiger partial charge in [-0.3, -0.25) is 14.6 Å². The number of aromatic nitrogens is 1. The van der Waals surface area contributed by atoms with Crippen molar-refractivity contribution in [2.75, 3.05) is 18.6 Å². The van der Waals surface area contributed by atoms with Crippen LogP contribution in [0.15, 0.2) is 47.1 Å². The highest BCUT2D eigenvalue weighted by molar-refractivity contribution is 9.10. The molecule has 2 aromatic rings. The Balaban J connectivity index is 1.86. The molecule has 1 amide bonds. The van der Waals surface area contributed by atoms with Crippen LogP contribution in [-0.4, -0.2) is 35.5 Å². The first-order valence-corrected chi connectivity index (χ1v) is 8.83. The van der Waals surface area contributed by atoms with E-state index in [0.29, 0.717) is 5.82 Å². The molecule has 24 heavy (non-hydrogen) atoms. The Labute approximate surface area is 149 Å². The molecule has 0 spiro atoms. The second kappa shape index (κ2) is 6.18. The van der Waals surface area contributed by atoms with E-state index in [1.165, 1.54) is 0 Å². The number of carbonyl (C=O) groups excluding carboxylic acids is 1. The average molecular weight is 388 g/mol. The minimum Gasteiger partial charge on any atom is -0.496 e. The van der Waals surface area contributed by atoms with Crippen LogP contribution in [0.25, 0.3) is 0 Å². The monoisotopic (exact) mass is 387 g/mol. The summed E-state index contributed by atoms with van der Waals surface area (Å²) in [7, 11) is 1.66.